The second-order valence-corrected chi connectivity index (χ2v) is 10.6. The van der Waals surface area contributed by atoms with Crippen LogP contribution in [-0.2, 0) is 4.74 Å². The van der Waals surface area contributed by atoms with Crippen molar-refractivity contribution in [2.24, 2.45) is 4.99 Å². The number of hydrogen-bond acceptors (Lipinski definition) is 9. The van der Waals surface area contributed by atoms with E-state index >= 15 is 0 Å². The predicted octanol–water partition coefficient (Wildman–Crippen LogP) is 4.23. The number of fused-ring (bicyclic) bond motifs is 4. The van der Waals surface area contributed by atoms with Crippen molar-refractivity contribution in [1.29, 1.82) is 0 Å². The number of amidine groups is 1. The highest BCUT2D eigenvalue weighted by Gasteiger charge is 2.40. The highest BCUT2D eigenvalue weighted by Crippen LogP contribution is 2.43. The Morgan fingerprint density at radius 3 is 2.74 bits per heavy atom. The number of nitrogens with zero attached hydrogens (tertiary/aromatic N) is 4. The van der Waals surface area contributed by atoms with Crippen molar-refractivity contribution in [3.8, 4) is 0 Å². The molecule has 9 heteroatoms. The van der Waals surface area contributed by atoms with Gasteiger partial charge in [0.25, 0.3) is 0 Å². The summed E-state index contributed by atoms with van der Waals surface area (Å²) in [5, 5.41) is 16.2. The van der Waals surface area contributed by atoms with Gasteiger partial charge < -0.3 is 30.1 Å². The van der Waals surface area contributed by atoms with Crippen LogP contribution in [0.1, 0.15) is 35.9 Å². The van der Waals surface area contributed by atoms with Crippen LogP contribution < -0.4 is 16.0 Å². The molecule has 1 aliphatic carbocycles. The maximum atomic E-state index is 5.94. The van der Waals surface area contributed by atoms with Gasteiger partial charge in [0.2, 0.25) is 0 Å². The Morgan fingerprint density at radius 1 is 1.18 bits per heavy atom. The summed E-state index contributed by atoms with van der Waals surface area (Å²) < 4.78 is 11.4. The van der Waals surface area contributed by atoms with Crippen LogP contribution in [0.5, 0.6) is 0 Å². The first-order chi connectivity index (χ1) is 18.8. The van der Waals surface area contributed by atoms with Crippen LogP contribution in [0.15, 0.2) is 62.8 Å². The summed E-state index contributed by atoms with van der Waals surface area (Å²) in [6, 6.07) is 10.5. The fourth-order valence-electron chi connectivity index (χ4n) is 5.78. The third-order valence-corrected chi connectivity index (χ3v) is 7.54. The Balaban J connectivity index is 1.51. The zero-order valence-corrected chi connectivity index (χ0v) is 23.3. The van der Waals surface area contributed by atoms with Gasteiger partial charge in [-0.1, -0.05) is 23.4 Å². The molecule has 3 aliphatic rings. The van der Waals surface area contributed by atoms with Gasteiger partial charge in [0.15, 0.2) is 0 Å². The number of rotatable bonds is 7. The molecule has 2 aliphatic heterocycles. The van der Waals surface area contributed by atoms with Crippen molar-refractivity contribution in [2.75, 3.05) is 39.6 Å². The first kappa shape index (κ1) is 25.2. The number of aryl methyl sites for hydroxylation is 2. The third-order valence-electron chi connectivity index (χ3n) is 7.54. The fourth-order valence-corrected chi connectivity index (χ4v) is 5.78. The molecule has 3 aromatic rings. The number of allylic oxidation sites excluding steroid dienone is 1. The van der Waals surface area contributed by atoms with E-state index in [1.54, 1.807) is 7.11 Å². The monoisotopic (exact) mass is 525 g/mol. The molecule has 202 valence electrons. The van der Waals surface area contributed by atoms with E-state index in [-0.39, 0.29) is 12.2 Å². The van der Waals surface area contributed by atoms with Crippen LogP contribution in [0.25, 0.3) is 22.2 Å². The van der Waals surface area contributed by atoms with Crippen LogP contribution in [0.2, 0.25) is 0 Å². The topological polar surface area (TPSA) is 99.8 Å². The second kappa shape index (κ2) is 9.89. The number of ether oxygens (including phenoxy) is 1. The van der Waals surface area contributed by atoms with E-state index < -0.39 is 0 Å². The average molecular weight is 526 g/mol. The molecule has 3 N–H and O–H groups in total. The lowest BCUT2D eigenvalue weighted by Gasteiger charge is -2.26. The molecule has 2 aromatic heterocycles. The van der Waals surface area contributed by atoms with Crippen molar-refractivity contribution in [1.82, 2.24) is 25.7 Å². The molecule has 1 saturated heterocycles. The summed E-state index contributed by atoms with van der Waals surface area (Å²) in [5.41, 5.74) is 8.35. The minimum absolute atomic E-state index is 0.0641. The van der Waals surface area contributed by atoms with Gasteiger partial charge in [0.05, 0.1) is 30.1 Å². The van der Waals surface area contributed by atoms with Crippen LogP contribution in [0, 0.1) is 13.8 Å². The lowest BCUT2D eigenvalue weighted by Crippen LogP contribution is -2.34. The number of nitrogens with one attached hydrogen (secondary N) is 3. The number of likely N-dealkylation sites (N-methyl/N-ethyl adjacent to an activating group) is 1. The van der Waals surface area contributed by atoms with E-state index in [1.165, 1.54) is 5.57 Å². The average Bonchev–Trinajstić information content (AvgIpc) is 3.44. The summed E-state index contributed by atoms with van der Waals surface area (Å²) in [6.45, 7) is 7.73. The quantitative estimate of drug-likeness (QED) is 0.422. The molecule has 0 bridgehead atoms. The van der Waals surface area contributed by atoms with Gasteiger partial charge in [-0.25, -0.2) is 9.98 Å². The van der Waals surface area contributed by atoms with Gasteiger partial charge in [0, 0.05) is 47.2 Å². The Labute approximate surface area is 228 Å². The summed E-state index contributed by atoms with van der Waals surface area (Å²) >= 11 is 0. The Bertz CT molecular complexity index is 1560. The standard InChI is InChI=1S/C30H35N7O2/c1-16-27(17(2)39-36-16)22-13-24-21(14-25(22)38-6)28-29(32-18(3)33-30(28)35-24)20-15-26(31-11-12-37(4)5)34-23-10-8-7-9-19(20)23/h7-10,14-15,18,24,32H,11-13H2,1-6H3,(H,31,34)(H,33,35). The molecule has 1 fully saturated rings. The van der Waals surface area contributed by atoms with Crippen LogP contribution in [0.4, 0.5) is 5.82 Å². The summed E-state index contributed by atoms with van der Waals surface area (Å²) in [7, 11) is 5.87. The molecule has 2 atom stereocenters. The van der Waals surface area contributed by atoms with Gasteiger partial charge in [-0.05, 0) is 58.6 Å². The molecule has 0 radical (unpaired) electrons. The maximum Gasteiger partial charge on any atom is 0.141 e. The van der Waals surface area contributed by atoms with E-state index in [2.05, 4.69) is 77.4 Å². The highest BCUT2D eigenvalue weighted by molar-refractivity contribution is 6.15. The Kier molecular flexibility index (Phi) is 6.38. The first-order valence-electron chi connectivity index (χ1n) is 13.4. The molecule has 0 saturated carbocycles. The molecule has 0 amide bonds. The number of anilines is 1. The number of aromatic nitrogens is 2. The molecule has 2 unspecified atom stereocenters. The normalized spacial score (nSPS) is 20.4. The van der Waals surface area contributed by atoms with Crippen LogP contribution in [-0.4, -0.2) is 67.4 Å². The minimum atomic E-state index is -0.0824. The van der Waals surface area contributed by atoms with E-state index in [9.17, 15) is 0 Å². The van der Waals surface area contributed by atoms with Crippen molar-refractivity contribution in [2.45, 2.75) is 39.4 Å². The molecular weight excluding hydrogens is 490 g/mol. The van der Waals surface area contributed by atoms with Gasteiger partial charge in [-0.3, -0.25) is 0 Å². The molecule has 39 heavy (non-hydrogen) atoms. The van der Waals surface area contributed by atoms with Crippen LogP contribution in [0.3, 0.4) is 0 Å². The SMILES string of the molecule is COC1=C(c2c(C)noc2C)CC2NC3=NC(C)NC(c4cc(NCCN(C)C)nc5ccccc45)=C3C2=C1. The van der Waals surface area contributed by atoms with E-state index in [0.29, 0.717) is 0 Å². The number of benzene rings is 1. The largest absolute Gasteiger partial charge is 0.496 e. The summed E-state index contributed by atoms with van der Waals surface area (Å²) in [4.78, 5) is 12.0. The zero-order valence-electron chi connectivity index (χ0n) is 23.3. The van der Waals surface area contributed by atoms with Gasteiger partial charge in [-0.15, -0.1) is 0 Å². The molecule has 6 rings (SSSR count). The van der Waals surface area contributed by atoms with Gasteiger partial charge >= 0.3 is 0 Å². The van der Waals surface area contributed by atoms with Crippen LogP contribution >= 0.6 is 0 Å². The smallest absolute Gasteiger partial charge is 0.141 e. The highest BCUT2D eigenvalue weighted by atomic mass is 16.5. The Hall–Kier alpha value is -4.11. The molecule has 9 nitrogen and oxygen atoms in total. The van der Waals surface area contributed by atoms with Crippen molar-refractivity contribution < 1.29 is 9.26 Å². The van der Waals surface area contributed by atoms with Crippen molar-refractivity contribution in [3.63, 3.8) is 0 Å². The Morgan fingerprint density at radius 2 is 2.00 bits per heavy atom. The predicted molar refractivity (Wildman–Crippen MR) is 155 cm³/mol. The number of pyridine rings is 1. The van der Waals surface area contributed by atoms with E-state index in [4.69, 9.17) is 19.2 Å². The number of hydrogen-bond donors (Lipinski definition) is 3. The number of aliphatic imine (C=N–C) groups is 1. The van der Waals surface area contributed by atoms with Gasteiger partial charge in [-0.2, -0.15) is 0 Å². The van der Waals surface area contributed by atoms with Crippen molar-refractivity contribution in [3.05, 3.63) is 75.9 Å². The second-order valence-electron chi connectivity index (χ2n) is 10.6. The molecule has 1 aromatic carbocycles. The third kappa shape index (κ3) is 4.46. The molecule has 4 heterocycles. The summed E-state index contributed by atoms with van der Waals surface area (Å²) in [6.07, 6.45) is 2.81. The lowest BCUT2D eigenvalue weighted by molar-refractivity contribution is 0.305. The molecular formula is C30H35N7O2. The molecule has 0 spiro atoms. The number of methoxy groups -OCH3 is 1. The fraction of sp³-hybridized carbons (Fsp3) is 0.367. The first-order valence-corrected chi connectivity index (χ1v) is 13.4. The summed E-state index contributed by atoms with van der Waals surface area (Å²) in [5.74, 6) is 3.39. The zero-order chi connectivity index (χ0) is 27.3. The maximum absolute atomic E-state index is 5.94. The van der Waals surface area contributed by atoms with E-state index in [0.717, 1.165) is 87.3 Å². The van der Waals surface area contributed by atoms with Gasteiger partial charge in [0.1, 0.15) is 29.3 Å². The minimum Gasteiger partial charge on any atom is -0.496 e. The van der Waals surface area contributed by atoms with Crippen molar-refractivity contribution >= 4 is 33.8 Å². The number of para-hydroxylation sites is 1. The van der Waals surface area contributed by atoms with E-state index in [1.807, 2.05) is 19.9 Å². The lowest BCUT2D eigenvalue weighted by atomic mass is 9.85.